The van der Waals surface area contributed by atoms with Gasteiger partial charge in [-0.1, -0.05) is 17.7 Å². The molecule has 0 unspecified atom stereocenters. The molecule has 0 saturated carbocycles. The number of aliphatic hydroxyl groups is 2. The van der Waals surface area contributed by atoms with Crippen LogP contribution in [0.25, 0.3) is 11.2 Å². The number of imidazole rings is 1. The molecule has 0 spiro atoms. The van der Waals surface area contributed by atoms with Crippen LogP contribution in [0.5, 0.6) is 0 Å². The van der Waals surface area contributed by atoms with Crippen LogP contribution in [0.3, 0.4) is 0 Å². The van der Waals surface area contributed by atoms with E-state index in [1.54, 1.807) is 10.9 Å². The topological polar surface area (TPSA) is 105 Å². The second kappa shape index (κ2) is 7.20. The van der Waals surface area contributed by atoms with E-state index in [-0.39, 0.29) is 12.7 Å². The minimum absolute atomic E-state index is 0.130. The standard InChI is InChI=1S/C17H19N5O3S/c1-10-2-4-12(5-3-10)26-21-15-14-16(19-8-18-15)22(9-20-14)17-13(24)6-11(7-23)25-17/h2-5,8-9,11,13,17,23-24H,6-7H2,1H3,(H,18,19,21)/t11-,13+,17+/m0/s1. The van der Waals surface area contributed by atoms with E-state index in [0.717, 1.165) is 4.90 Å². The smallest absolute Gasteiger partial charge is 0.167 e. The van der Waals surface area contributed by atoms with Crippen LogP contribution in [-0.4, -0.2) is 48.5 Å². The van der Waals surface area contributed by atoms with Crippen LogP contribution in [0.1, 0.15) is 18.2 Å². The Labute approximate surface area is 154 Å². The summed E-state index contributed by atoms with van der Waals surface area (Å²) >= 11 is 1.44. The molecule has 8 nitrogen and oxygen atoms in total. The predicted molar refractivity (Wildman–Crippen MR) is 97.6 cm³/mol. The van der Waals surface area contributed by atoms with Crippen molar-refractivity contribution in [1.29, 1.82) is 0 Å². The molecule has 2 aromatic heterocycles. The predicted octanol–water partition coefficient (Wildman–Crippen LogP) is 1.89. The van der Waals surface area contributed by atoms with Gasteiger partial charge in [0.25, 0.3) is 0 Å². The van der Waals surface area contributed by atoms with Gasteiger partial charge in [-0.2, -0.15) is 0 Å². The van der Waals surface area contributed by atoms with Gasteiger partial charge < -0.3 is 19.7 Å². The number of aromatic nitrogens is 4. The molecular weight excluding hydrogens is 354 g/mol. The molecule has 4 rings (SSSR count). The van der Waals surface area contributed by atoms with Crippen LogP contribution in [0.15, 0.2) is 41.8 Å². The van der Waals surface area contributed by atoms with Crippen molar-refractivity contribution in [2.45, 2.75) is 36.7 Å². The lowest BCUT2D eigenvalue weighted by Crippen LogP contribution is -2.19. The number of nitrogens with zero attached hydrogens (tertiary/aromatic N) is 4. The van der Waals surface area contributed by atoms with Gasteiger partial charge >= 0.3 is 0 Å². The van der Waals surface area contributed by atoms with Gasteiger partial charge in [0, 0.05) is 11.3 Å². The molecule has 1 fully saturated rings. The zero-order chi connectivity index (χ0) is 18.1. The number of anilines is 1. The van der Waals surface area contributed by atoms with Crippen LogP contribution in [-0.2, 0) is 4.74 Å². The Kier molecular flexibility index (Phi) is 4.77. The second-order valence-corrected chi connectivity index (χ2v) is 7.08. The molecular formula is C17H19N5O3S. The minimum Gasteiger partial charge on any atom is -0.394 e. The summed E-state index contributed by atoms with van der Waals surface area (Å²) in [6.07, 6.45) is 1.67. The maximum atomic E-state index is 10.2. The molecule has 3 N–H and O–H groups in total. The fourth-order valence-electron chi connectivity index (χ4n) is 2.92. The number of aliphatic hydroxyl groups excluding tert-OH is 2. The Balaban J connectivity index is 1.58. The SMILES string of the molecule is Cc1ccc(SNc2ncnc3c2ncn3[C@@H]2O[C@H](CO)C[C@H]2O)cc1. The maximum Gasteiger partial charge on any atom is 0.167 e. The van der Waals surface area contributed by atoms with E-state index < -0.39 is 12.3 Å². The van der Waals surface area contributed by atoms with Crippen LogP contribution in [0.2, 0.25) is 0 Å². The lowest BCUT2D eigenvalue weighted by Gasteiger charge is -2.16. The fraction of sp³-hybridized carbons (Fsp3) is 0.353. The second-order valence-electron chi connectivity index (χ2n) is 6.20. The Bertz CT molecular complexity index is 901. The van der Waals surface area contributed by atoms with Crippen LogP contribution < -0.4 is 4.72 Å². The van der Waals surface area contributed by atoms with Gasteiger partial charge in [-0.15, -0.1) is 0 Å². The van der Waals surface area contributed by atoms with Crippen LogP contribution in [0.4, 0.5) is 5.82 Å². The highest BCUT2D eigenvalue weighted by molar-refractivity contribution is 8.00. The first-order chi connectivity index (χ1) is 12.7. The van der Waals surface area contributed by atoms with E-state index in [2.05, 4.69) is 19.7 Å². The number of rotatable bonds is 5. The molecule has 1 aliphatic heterocycles. The van der Waals surface area contributed by atoms with Crippen molar-refractivity contribution < 1.29 is 14.9 Å². The van der Waals surface area contributed by atoms with E-state index >= 15 is 0 Å². The van der Waals surface area contributed by atoms with Gasteiger partial charge in [0.15, 0.2) is 23.2 Å². The quantitative estimate of drug-likeness (QED) is 0.583. The first-order valence-corrected chi connectivity index (χ1v) is 9.09. The zero-order valence-electron chi connectivity index (χ0n) is 14.1. The molecule has 26 heavy (non-hydrogen) atoms. The Hall–Kier alpha value is -2.20. The van der Waals surface area contributed by atoms with Gasteiger partial charge in [0.1, 0.15) is 12.4 Å². The molecule has 0 amide bonds. The van der Waals surface area contributed by atoms with E-state index in [0.29, 0.717) is 23.4 Å². The molecule has 3 heterocycles. The van der Waals surface area contributed by atoms with Crippen molar-refractivity contribution in [3.05, 3.63) is 42.5 Å². The monoisotopic (exact) mass is 373 g/mol. The zero-order valence-corrected chi connectivity index (χ0v) is 14.9. The van der Waals surface area contributed by atoms with Crippen LogP contribution in [0, 0.1) is 6.92 Å². The normalized spacial score (nSPS) is 22.8. The molecule has 0 aliphatic carbocycles. The molecule has 3 atom stereocenters. The average molecular weight is 373 g/mol. The highest BCUT2D eigenvalue weighted by Gasteiger charge is 2.35. The first-order valence-electron chi connectivity index (χ1n) is 8.27. The minimum atomic E-state index is -0.724. The van der Waals surface area contributed by atoms with Crippen molar-refractivity contribution in [3.8, 4) is 0 Å². The van der Waals surface area contributed by atoms with Crippen molar-refractivity contribution >= 4 is 28.9 Å². The molecule has 1 aliphatic rings. The van der Waals surface area contributed by atoms with Gasteiger partial charge in [-0.05, 0) is 31.0 Å². The highest BCUT2D eigenvalue weighted by atomic mass is 32.2. The third-order valence-electron chi connectivity index (χ3n) is 4.29. The largest absolute Gasteiger partial charge is 0.394 e. The summed E-state index contributed by atoms with van der Waals surface area (Å²) in [4.78, 5) is 14.0. The summed E-state index contributed by atoms with van der Waals surface area (Å²) in [5.41, 5.74) is 2.36. The Morgan fingerprint density at radius 1 is 1.27 bits per heavy atom. The number of fused-ring (bicyclic) bond motifs is 1. The van der Waals surface area contributed by atoms with Gasteiger partial charge in [0.05, 0.1) is 19.0 Å². The first kappa shape index (κ1) is 17.2. The summed E-state index contributed by atoms with van der Waals surface area (Å²) in [6, 6.07) is 8.15. The van der Waals surface area contributed by atoms with E-state index in [1.165, 1.54) is 23.8 Å². The summed E-state index contributed by atoms with van der Waals surface area (Å²) in [5, 5.41) is 19.5. The summed E-state index contributed by atoms with van der Waals surface area (Å²) in [5.74, 6) is 0.588. The molecule has 0 bridgehead atoms. The lowest BCUT2D eigenvalue weighted by molar-refractivity contribution is -0.0486. The van der Waals surface area contributed by atoms with E-state index in [9.17, 15) is 10.2 Å². The van der Waals surface area contributed by atoms with Gasteiger partial charge in [0.2, 0.25) is 0 Å². The summed E-state index contributed by atoms with van der Waals surface area (Å²) < 4.78 is 10.6. The summed E-state index contributed by atoms with van der Waals surface area (Å²) in [7, 11) is 0. The molecule has 9 heteroatoms. The number of nitrogens with one attached hydrogen (secondary N) is 1. The molecule has 0 radical (unpaired) electrons. The Morgan fingerprint density at radius 3 is 2.81 bits per heavy atom. The number of hydrogen-bond donors (Lipinski definition) is 3. The maximum absolute atomic E-state index is 10.2. The molecule has 136 valence electrons. The number of benzene rings is 1. The summed E-state index contributed by atoms with van der Waals surface area (Å²) in [6.45, 7) is 1.92. The van der Waals surface area contributed by atoms with Gasteiger partial charge in [-0.25, -0.2) is 15.0 Å². The lowest BCUT2D eigenvalue weighted by atomic mass is 10.2. The third kappa shape index (κ3) is 3.26. The molecule has 1 saturated heterocycles. The van der Waals surface area contributed by atoms with Crippen LogP contribution >= 0.6 is 11.9 Å². The number of aryl methyl sites for hydroxylation is 1. The van der Waals surface area contributed by atoms with Crippen molar-refractivity contribution in [2.75, 3.05) is 11.3 Å². The Morgan fingerprint density at radius 2 is 2.08 bits per heavy atom. The molecule has 1 aromatic carbocycles. The van der Waals surface area contributed by atoms with E-state index in [4.69, 9.17) is 4.74 Å². The van der Waals surface area contributed by atoms with Gasteiger partial charge in [-0.3, -0.25) is 4.57 Å². The van der Waals surface area contributed by atoms with Crippen molar-refractivity contribution in [3.63, 3.8) is 0 Å². The molecule has 3 aromatic rings. The highest BCUT2D eigenvalue weighted by Crippen LogP contribution is 2.32. The van der Waals surface area contributed by atoms with Crippen molar-refractivity contribution in [1.82, 2.24) is 19.5 Å². The average Bonchev–Trinajstić information content (AvgIpc) is 3.24. The number of ether oxygens (including phenoxy) is 1. The van der Waals surface area contributed by atoms with E-state index in [1.807, 2.05) is 31.2 Å². The number of hydrogen-bond acceptors (Lipinski definition) is 8. The third-order valence-corrected chi connectivity index (χ3v) is 5.09. The fourth-order valence-corrected chi connectivity index (χ4v) is 3.56. The van der Waals surface area contributed by atoms with Crippen molar-refractivity contribution in [2.24, 2.45) is 0 Å².